The SMILES string of the molecule is CCC(CC)(CC)NC(=O)c1cnc(N)c2ccccc12. The van der Waals surface area contributed by atoms with E-state index in [4.69, 9.17) is 5.73 Å². The Balaban J connectivity index is 2.43. The molecule has 0 bridgehead atoms. The van der Waals surface area contributed by atoms with Gasteiger partial charge in [0.15, 0.2) is 0 Å². The summed E-state index contributed by atoms with van der Waals surface area (Å²) in [6.45, 7) is 6.31. The van der Waals surface area contributed by atoms with Gasteiger partial charge in [-0.25, -0.2) is 4.98 Å². The Labute approximate surface area is 125 Å². The van der Waals surface area contributed by atoms with E-state index in [0.29, 0.717) is 11.4 Å². The predicted molar refractivity (Wildman–Crippen MR) is 87.2 cm³/mol. The molecule has 0 fully saturated rings. The summed E-state index contributed by atoms with van der Waals surface area (Å²) >= 11 is 0. The fraction of sp³-hybridized carbons (Fsp3) is 0.412. The molecule has 4 nitrogen and oxygen atoms in total. The number of nitrogens with zero attached hydrogens (tertiary/aromatic N) is 1. The first kappa shape index (κ1) is 15.3. The van der Waals surface area contributed by atoms with Crippen molar-refractivity contribution in [3.05, 3.63) is 36.0 Å². The molecule has 0 aliphatic rings. The number of hydrogen-bond donors (Lipinski definition) is 2. The van der Waals surface area contributed by atoms with Gasteiger partial charge in [0.25, 0.3) is 5.91 Å². The molecule has 1 aromatic carbocycles. The highest BCUT2D eigenvalue weighted by atomic mass is 16.1. The molecule has 0 saturated carbocycles. The Morgan fingerprint density at radius 3 is 2.29 bits per heavy atom. The van der Waals surface area contributed by atoms with Crippen LogP contribution in [0.2, 0.25) is 0 Å². The summed E-state index contributed by atoms with van der Waals surface area (Å²) in [6, 6.07) is 7.61. The zero-order valence-corrected chi connectivity index (χ0v) is 12.9. The lowest BCUT2D eigenvalue weighted by Crippen LogP contribution is -2.47. The van der Waals surface area contributed by atoms with Crippen molar-refractivity contribution in [3.8, 4) is 0 Å². The van der Waals surface area contributed by atoms with Crippen LogP contribution in [0.4, 0.5) is 5.82 Å². The van der Waals surface area contributed by atoms with Gasteiger partial charge in [-0.2, -0.15) is 0 Å². The minimum Gasteiger partial charge on any atom is -0.383 e. The van der Waals surface area contributed by atoms with E-state index in [1.165, 1.54) is 0 Å². The molecule has 4 heteroatoms. The van der Waals surface area contributed by atoms with E-state index < -0.39 is 0 Å². The summed E-state index contributed by atoms with van der Waals surface area (Å²) in [7, 11) is 0. The quantitative estimate of drug-likeness (QED) is 0.883. The van der Waals surface area contributed by atoms with Gasteiger partial charge in [-0.1, -0.05) is 45.0 Å². The maximum atomic E-state index is 12.7. The Bertz CT molecular complexity index is 639. The number of pyridine rings is 1. The van der Waals surface area contributed by atoms with E-state index in [2.05, 4.69) is 31.1 Å². The van der Waals surface area contributed by atoms with Gasteiger partial charge >= 0.3 is 0 Å². The van der Waals surface area contributed by atoms with Crippen molar-refractivity contribution in [1.82, 2.24) is 10.3 Å². The highest BCUT2D eigenvalue weighted by Crippen LogP contribution is 2.24. The first-order valence-electron chi connectivity index (χ1n) is 7.52. The topological polar surface area (TPSA) is 68.0 Å². The molecule has 0 atom stereocenters. The normalized spacial score (nSPS) is 11.6. The van der Waals surface area contributed by atoms with Crippen LogP contribution in [0, 0.1) is 0 Å². The summed E-state index contributed by atoms with van der Waals surface area (Å²) in [4.78, 5) is 16.8. The van der Waals surface area contributed by atoms with Gasteiger partial charge in [0, 0.05) is 17.1 Å². The van der Waals surface area contributed by atoms with Gasteiger partial charge in [-0.05, 0) is 24.6 Å². The molecule has 3 N–H and O–H groups in total. The summed E-state index contributed by atoms with van der Waals surface area (Å²) in [6.07, 6.45) is 4.29. The van der Waals surface area contributed by atoms with Crippen LogP contribution in [0.5, 0.6) is 0 Å². The van der Waals surface area contributed by atoms with Crippen LogP contribution >= 0.6 is 0 Å². The van der Waals surface area contributed by atoms with Crippen LogP contribution in [-0.2, 0) is 0 Å². The standard InChI is InChI=1S/C17H23N3O/c1-4-17(5-2,6-3)20-16(21)14-11-19-15(18)13-10-8-7-9-12(13)14/h7-11H,4-6H2,1-3H3,(H2,18,19)(H,20,21). The van der Waals surface area contributed by atoms with E-state index in [-0.39, 0.29) is 11.4 Å². The summed E-state index contributed by atoms with van der Waals surface area (Å²) in [5.74, 6) is 0.374. The number of fused-ring (bicyclic) bond motifs is 1. The zero-order valence-electron chi connectivity index (χ0n) is 12.9. The number of nitrogen functional groups attached to an aromatic ring is 1. The molecule has 1 aromatic heterocycles. The van der Waals surface area contributed by atoms with E-state index in [9.17, 15) is 4.79 Å². The van der Waals surface area contributed by atoms with Crippen molar-refractivity contribution in [2.45, 2.75) is 45.6 Å². The molecule has 0 radical (unpaired) electrons. The number of nitrogens with one attached hydrogen (secondary N) is 1. The van der Waals surface area contributed by atoms with E-state index in [1.54, 1.807) is 6.20 Å². The molecule has 1 heterocycles. The number of hydrogen-bond acceptors (Lipinski definition) is 3. The molecule has 0 spiro atoms. The molecule has 0 saturated heterocycles. The molecular weight excluding hydrogens is 262 g/mol. The Kier molecular flexibility index (Phi) is 4.46. The van der Waals surface area contributed by atoms with E-state index in [1.807, 2.05) is 24.3 Å². The molecule has 0 aliphatic carbocycles. The molecule has 2 aromatic rings. The van der Waals surface area contributed by atoms with Crippen LogP contribution in [0.3, 0.4) is 0 Å². The van der Waals surface area contributed by atoms with E-state index in [0.717, 1.165) is 30.0 Å². The second kappa shape index (κ2) is 6.12. The van der Waals surface area contributed by atoms with Crippen molar-refractivity contribution in [2.24, 2.45) is 0 Å². The predicted octanol–water partition coefficient (Wildman–Crippen LogP) is 3.52. The average molecular weight is 285 g/mol. The maximum Gasteiger partial charge on any atom is 0.253 e. The van der Waals surface area contributed by atoms with E-state index >= 15 is 0 Å². The third-order valence-corrected chi connectivity index (χ3v) is 4.48. The number of anilines is 1. The lowest BCUT2D eigenvalue weighted by molar-refractivity contribution is 0.0889. The number of amides is 1. The minimum absolute atomic E-state index is 0.0794. The molecule has 2 rings (SSSR count). The first-order chi connectivity index (χ1) is 10.1. The third kappa shape index (κ3) is 2.84. The molecule has 1 amide bonds. The summed E-state index contributed by atoms with van der Waals surface area (Å²) in [5, 5.41) is 4.85. The van der Waals surface area contributed by atoms with Gasteiger partial charge < -0.3 is 11.1 Å². The minimum atomic E-state index is -0.153. The number of carbonyl (C=O) groups excluding carboxylic acids is 1. The van der Waals surface area contributed by atoms with Crippen molar-refractivity contribution in [2.75, 3.05) is 5.73 Å². The molecule has 112 valence electrons. The van der Waals surface area contributed by atoms with Crippen molar-refractivity contribution < 1.29 is 4.79 Å². The highest BCUT2D eigenvalue weighted by Gasteiger charge is 2.27. The Hall–Kier alpha value is -2.10. The third-order valence-electron chi connectivity index (χ3n) is 4.48. The van der Waals surface area contributed by atoms with Gasteiger partial charge in [0.05, 0.1) is 5.56 Å². The lowest BCUT2D eigenvalue weighted by Gasteiger charge is -2.32. The smallest absolute Gasteiger partial charge is 0.253 e. The number of rotatable bonds is 5. The molecular formula is C17H23N3O. The monoisotopic (exact) mass is 285 g/mol. The fourth-order valence-electron chi connectivity index (χ4n) is 2.72. The van der Waals surface area contributed by atoms with Gasteiger partial charge in [-0.15, -0.1) is 0 Å². The van der Waals surface area contributed by atoms with Gasteiger partial charge in [0.1, 0.15) is 5.82 Å². The Morgan fingerprint density at radius 2 is 1.71 bits per heavy atom. The summed E-state index contributed by atoms with van der Waals surface area (Å²) < 4.78 is 0. The van der Waals surface area contributed by atoms with Crippen LogP contribution in [0.15, 0.2) is 30.5 Å². The number of benzene rings is 1. The second-order valence-electron chi connectivity index (χ2n) is 5.40. The summed E-state index contributed by atoms with van der Waals surface area (Å²) in [5.41, 5.74) is 6.32. The second-order valence-corrected chi connectivity index (χ2v) is 5.40. The van der Waals surface area contributed by atoms with Crippen molar-refractivity contribution in [1.29, 1.82) is 0 Å². The largest absolute Gasteiger partial charge is 0.383 e. The van der Waals surface area contributed by atoms with Crippen LogP contribution < -0.4 is 11.1 Å². The highest BCUT2D eigenvalue weighted by molar-refractivity contribution is 6.09. The Morgan fingerprint density at radius 1 is 1.14 bits per heavy atom. The van der Waals surface area contributed by atoms with Crippen LogP contribution in [0.1, 0.15) is 50.4 Å². The maximum absolute atomic E-state index is 12.7. The van der Waals surface area contributed by atoms with Gasteiger partial charge in [-0.3, -0.25) is 4.79 Å². The molecule has 21 heavy (non-hydrogen) atoms. The van der Waals surface area contributed by atoms with Crippen molar-refractivity contribution in [3.63, 3.8) is 0 Å². The number of carbonyl (C=O) groups is 1. The number of nitrogens with two attached hydrogens (primary N) is 1. The average Bonchev–Trinajstić information content (AvgIpc) is 2.53. The van der Waals surface area contributed by atoms with Gasteiger partial charge in [0.2, 0.25) is 0 Å². The first-order valence-corrected chi connectivity index (χ1v) is 7.52. The fourth-order valence-corrected chi connectivity index (χ4v) is 2.72. The van der Waals surface area contributed by atoms with Crippen LogP contribution in [-0.4, -0.2) is 16.4 Å². The molecule has 0 unspecified atom stereocenters. The molecule has 0 aliphatic heterocycles. The van der Waals surface area contributed by atoms with Crippen molar-refractivity contribution >= 4 is 22.5 Å². The number of aromatic nitrogens is 1. The lowest BCUT2D eigenvalue weighted by atomic mass is 9.89. The zero-order chi connectivity index (χ0) is 15.5. The van der Waals surface area contributed by atoms with Crippen LogP contribution in [0.25, 0.3) is 10.8 Å².